The predicted molar refractivity (Wildman–Crippen MR) is 87.8 cm³/mol. The number of pyridine rings is 1. The molecule has 1 aliphatic heterocycles. The molecule has 4 nitrogen and oxygen atoms in total. The first kappa shape index (κ1) is 14.7. The zero-order valence-electron chi connectivity index (χ0n) is 13.0. The Bertz CT molecular complexity index is 669. The van der Waals surface area contributed by atoms with Gasteiger partial charge >= 0.3 is 0 Å². The Morgan fingerprint density at radius 2 is 2.00 bits per heavy atom. The average molecular weight is 295 g/mol. The topological polar surface area (TPSA) is 45.2 Å². The van der Waals surface area contributed by atoms with Gasteiger partial charge in [0.1, 0.15) is 0 Å². The number of nitrogens with zero attached hydrogens (tertiary/aromatic N) is 2. The van der Waals surface area contributed by atoms with Crippen LogP contribution >= 0.6 is 0 Å². The maximum Gasteiger partial charge on any atom is 0.256 e. The fourth-order valence-electron chi connectivity index (χ4n) is 2.85. The molecule has 0 spiro atoms. The van der Waals surface area contributed by atoms with Crippen LogP contribution < -0.4 is 5.32 Å². The summed E-state index contributed by atoms with van der Waals surface area (Å²) in [4.78, 5) is 19.3. The first-order chi connectivity index (χ1) is 10.7. The van der Waals surface area contributed by atoms with Gasteiger partial charge in [0.25, 0.3) is 5.91 Å². The minimum atomic E-state index is 0.0820. The Hall–Kier alpha value is -2.20. The Morgan fingerprint density at radius 3 is 2.68 bits per heavy atom. The molecule has 1 N–H and O–H groups in total. The Morgan fingerprint density at radius 1 is 1.23 bits per heavy atom. The maximum atomic E-state index is 12.7. The van der Waals surface area contributed by atoms with Crippen LogP contribution in [-0.4, -0.2) is 41.5 Å². The van der Waals surface area contributed by atoms with Crippen LogP contribution in [0.4, 0.5) is 0 Å². The molecule has 22 heavy (non-hydrogen) atoms. The van der Waals surface area contributed by atoms with Crippen molar-refractivity contribution in [3.05, 3.63) is 53.7 Å². The molecule has 0 bridgehead atoms. The number of nitrogens with one attached hydrogen (secondary N) is 1. The second kappa shape index (κ2) is 6.28. The molecule has 1 atom stereocenters. The van der Waals surface area contributed by atoms with Gasteiger partial charge in [0.05, 0.1) is 17.0 Å². The zero-order valence-corrected chi connectivity index (χ0v) is 13.0. The van der Waals surface area contributed by atoms with E-state index in [-0.39, 0.29) is 11.9 Å². The van der Waals surface area contributed by atoms with Gasteiger partial charge in [-0.2, -0.15) is 0 Å². The standard InChI is InChI=1S/C18H21N3O/c1-13-12-19-10-11-21(13)18(22)16-8-9-17(20-14(16)2)15-6-4-3-5-7-15/h3-9,13,19H,10-12H2,1-2H3/t13-/m0/s1. The molecule has 1 aromatic heterocycles. The van der Waals surface area contributed by atoms with Gasteiger partial charge < -0.3 is 10.2 Å². The molecule has 3 rings (SSSR count). The molecule has 1 fully saturated rings. The highest BCUT2D eigenvalue weighted by molar-refractivity contribution is 5.95. The number of piperazine rings is 1. The minimum absolute atomic E-state index is 0.0820. The Kier molecular flexibility index (Phi) is 4.20. The monoisotopic (exact) mass is 295 g/mol. The maximum absolute atomic E-state index is 12.7. The van der Waals surface area contributed by atoms with Crippen LogP contribution in [0.15, 0.2) is 42.5 Å². The van der Waals surface area contributed by atoms with Crippen molar-refractivity contribution >= 4 is 5.91 Å². The summed E-state index contributed by atoms with van der Waals surface area (Å²) in [5, 5.41) is 3.31. The molecule has 2 aromatic rings. The highest BCUT2D eigenvalue weighted by Crippen LogP contribution is 2.20. The van der Waals surface area contributed by atoms with Gasteiger partial charge in [0.2, 0.25) is 0 Å². The van der Waals surface area contributed by atoms with E-state index in [4.69, 9.17) is 0 Å². The lowest BCUT2D eigenvalue weighted by Gasteiger charge is -2.34. The molecule has 2 heterocycles. The lowest BCUT2D eigenvalue weighted by molar-refractivity contribution is 0.0654. The predicted octanol–water partition coefficient (Wildman–Crippen LogP) is 2.49. The summed E-state index contributed by atoms with van der Waals surface area (Å²) in [5.41, 5.74) is 3.47. The fraction of sp³-hybridized carbons (Fsp3) is 0.333. The number of aromatic nitrogens is 1. The van der Waals surface area contributed by atoms with Gasteiger partial charge in [-0.1, -0.05) is 30.3 Å². The van der Waals surface area contributed by atoms with Crippen LogP contribution in [-0.2, 0) is 0 Å². The van der Waals surface area contributed by atoms with Gasteiger partial charge in [-0.25, -0.2) is 0 Å². The number of carbonyl (C=O) groups excluding carboxylic acids is 1. The van der Waals surface area contributed by atoms with Crippen molar-refractivity contribution < 1.29 is 4.79 Å². The van der Waals surface area contributed by atoms with Crippen LogP contribution in [0.1, 0.15) is 23.0 Å². The number of amides is 1. The lowest BCUT2D eigenvalue weighted by Crippen LogP contribution is -2.52. The summed E-state index contributed by atoms with van der Waals surface area (Å²) < 4.78 is 0. The van der Waals surface area contributed by atoms with Crippen LogP contribution in [0.5, 0.6) is 0 Å². The van der Waals surface area contributed by atoms with Crippen LogP contribution in [0, 0.1) is 6.92 Å². The van der Waals surface area contributed by atoms with E-state index in [1.165, 1.54) is 0 Å². The molecule has 0 aliphatic carbocycles. The van der Waals surface area contributed by atoms with Gasteiger partial charge in [0.15, 0.2) is 0 Å². The van der Waals surface area contributed by atoms with Crippen molar-refractivity contribution in [2.45, 2.75) is 19.9 Å². The highest BCUT2D eigenvalue weighted by Gasteiger charge is 2.25. The van der Waals surface area contributed by atoms with Crippen LogP contribution in [0.3, 0.4) is 0 Å². The van der Waals surface area contributed by atoms with Crippen molar-refractivity contribution in [1.82, 2.24) is 15.2 Å². The van der Waals surface area contributed by atoms with Crippen molar-refractivity contribution in [2.75, 3.05) is 19.6 Å². The second-order valence-corrected chi connectivity index (χ2v) is 5.75. The molecule has 0 unspecified atom stereocenters. The van der Waals surface area contributed by atoms with Crippen molar-refractivity contribution in [2.24, 2.45) is 0 Å². The van der Waals surface area contributed by atoms with E-state index in [0.717, 1.165) is 36.6 Å². The quantitative estimate of drug-likeness (QED) is 0.926. The molecule has 4 heteroatoms. The number of hydrogen-bond donors (Lipinski definition) is 1. The summed E-state index contributed by atoms with van der Waals surface area (Å²) >= 11 is 0. The first-order valence-corrected chi connectivity index (χ1v) is 7.71. The third kappa shape index (κ3) is 2.88. The normalized spacial score (nSPS) is 18.3. The summed E-state index contributed by atoms with van der Waals surface area (Å²) in [6.45, 7) is 6.43. The third-order valence-electron chi connectivity index (χ3n) is 4.15. The fourth-order valence-corrected chi connectivity index (χ4v) is 2.85. The van der Waals surface area contributed by atoms with E-state index in [1.807, 2.05) is 54.3 Å². The largest absolute Gasteiger partial charge is 0.333 e. The van der Waals surface area contributed by atoms with Crippen molar-refractivity contribution in [3.8, 4) is 11.3 Å². The van der Waals surface area contributed by atoms with E-state index in [0.29, 0.717) is 5.56 Å². The molecule has 114 valence electrons. The highest BCUT2D eigenvalue weighted by atomic mass is 16.2. The summed E-state index contributed by atoms with van der Waals surface area (Å²) in [6, 6.07) is 14.1. The summed E-state index contributed by atoms with van der Waals surface area (Å²) in [5.74, 6) is 0.0820. The lowest BCUT2D eigenvalue weighted by atomic mass is 10.1. The van der Waals surface area contributed by atoms with Crippen molar-refractivity contribution in [3.63, 3.8) is 0 Å². The van der Waals surface area contributed by atoms with E-state index >= 15 is 0 Å². The zero-order chi connectivity index (χ0) is 15.5. The van der Waals surface area contributed by atoms with Gasteiger partial charge in [-0.05, 0) is 26.0 Å². The molecular formula is C18H21N3O. The van der Waals surface area contributed by atoms with Gasteiger partial charge in [-0.3, -0.25) is 9.78 Å². The summed E-state index contributed by atoms with van der Waals surface area (Å²) in [6.07, 6.45) is 0. The first-order valence-electron chi connectivity index (χ1n) is 7.71. The second-order valence-electron chi connectivity index (χ2n) is 5.75. The average Bonchev–Trinajstić information content (AvgIpc) is 2.55. The van der Waals surface area contributed by atoms with E-state index in [9.17, 15) is 4.79 Å². The van der Waals surface area contributed by atoms with Crippen LogP contribution in [0.2, 0.25) is 0 Å². The number of rotatable bonds is 2. The molecule has 1 saturated heterocycles. The van der Waals surface area contributed by atoms with E-state index < -0.39 is 0 Å². The Labute approximate surface area is 131 Å². The number of benzene rings is 1. The summed E-state index contributed by atoms with van der Waals surface area (Å²) in [7, 11) is 0. The smallest absolute Gasteiger partial charge is 0.256 e. The van der Waals surface area contributed by atoms with Gasteiger partial charge in [-0.15, -0.1) is 0 Å². The molecule has 0 saturated carbocycles. The molecule has 1 aliphatic rings. The minimum Gasteiger partial charge on any atom is -0.333 e. The van der Waals surface area contributed by atoms with E-state index in [2.05, 4.69) is 17.2 Å². The van der Waals surface area contributed by atoms with Crippen LogP contribution in [0.25, 0.3) is 11.3 Å². The molecular weight excluding hydrogens is 274 g/mol. The SMILES string of the molecule is Cc1nc(-c2ccccc2)ccc1C(=O)N1CCNC[C@@H]1C. The molecule has 1 aromatic carbocycles. The van der Waals surface area contributed by atoms with Crippen molar-refractivity contribution in [1.29, 1.82) is 0 Å². The number of hydrogen-bond acceptors (Lipinski definition) is 3. The van der Waals surface area contributed by atoms with Gasteiger partial charge in [0, 0.05) is 31.2 Å². The third-order valence-corrected chi connectivity index (χ3v) is 4.15. The number of carbonyl (C=O) groups is 1. The van der Waals surface area contributed by atoms with E-state index in [1.54, 1.807) is 0 Å². The molecule has 1 amide bonds. The molecule has 0 radical (unpaired) electrons. The Balaban J connectivity index is 1.87. The number of aryl methyl sites for hydroxylation is 1.